The van der Waals surface area contributed by atoms with Crippen LogP contribution in [0.4, 0.5) is 0 Å². The number of hydrogen-bond donors (Lipinski definition) is 1. The zero-order chi connectivity index (χ0) is 14.8. The summed E-state index contributed by atoms with van der Waals surface area (Å²) in [5.41, 5.74) is 1.72. The summed E-state index contributed by atoms with van der Waals surface area (Å²) in [6, 6.07) is 7.42. The van der Waals surface area contributed by atoms with E-state index in [0.717, 1.165) is 23.6 Å². The molecule has 1 aromatic carbocycles. The smallest absolute Gasteiger partial charge is 0.234 e. The Balaban J connectivity index is 1.79. The molecule has 0 spiro atoms. The highest BCUT2D eigenvalue weighted by atomic mass is 35.5. The Morgan fingerprint density at radius 3 is 3.10 bits per heavy atom. The lowest BCUT2D eigenvalue weighted by Crippen LogP contribution is -2.47. The monoisotopic (exact) mass is 305 g/mol. The highest BCUT2D eigenvalue weighted by molar-refractivity contribution is 6.30. The highest BCUT2D eigenvalue weighted by Gasteiger charge is 2.19. The van der Waals surface area contributed by atoms with Crippen molar-refractivity contribution in [2.45, 2.75) is 13.5 Å². The molecule has 6 heteroatoms. The lowest BCUT2D eigenvalue weighted by molar-refractivity contribution is -0.124. The summed E-state index contributed by atoms with van der Waals surface area (Å²) in [7, 11) is 0. The molecule has 0 bridgehead atoms. The Bertz CT molecular complexity index is 669. The van der Waals surface area contributed by atoms with Gasteiger partial charge in [0, 0.05) is 30.2 Å². The number of hydrogen-bond acceptors (Lipinski definition) is 4. The van der Waals surface area contributed by atoms with Crippen LogP contribution in [-0.4, -0.2) is 35.4 Å². The average molecular weight is 306 g/mol. The summed E-state index contributed by atoms with van der Waals surface area (Å²) in [6.07, 6.45) is 0. The maximum atomic E-state index is 11.4. The first kappa shape index (κ1) is 14.1. The first-order valence-corrected chi connectivity index (χ1v) is 7.21. The number of rotatable bonds is 3. The maximum absolute atomic E-state index is 11.4. The van der Waals surface area contributed by atoms with Crippen LogP contribution in [0.2, 0.25) is 5.02 Å². The zero-order valence-corrected chi connectivity index (χ0v) is 12.5. The van der Waals surface area contributed by atoms with Gasteiger partial charge in [-0.3, -0.25) is 9.69 Å². The number of piperazine rings is 1. The molecule has 0 saturated carbocycles. The summed E-state index contributed by atoms with van der Waals surface area (Å²) in [5.74, 6) is 1.39. The van der Waals surface area contributed by atoms with Crippen LogP contribution in [0.5, 0.6) is 0 Å². The fraction of sp³-hybridized carbons (Fsp3) is 0.333. The fourth-order valence-electron chi connectivity index (χ4n) is 2.36. The summed E-state index contributed by atoms with van der Waals surface area (Å²) >= 11 is 5.99. The number of benzene rings is 1. The summed E-state index contributed by atoms with van der Waals surface area (Å²) in [6.45, 7) is 4.41. The average Bonchev–Trinajstić information content (AvgIpc) is 2.80. The first-order valence-electron chi connectivity index (χ1n) is 6.83. The summed E-state index contributed by atoms with van der Waals surface area (Å²) in [4.78, 5) is 18.0. The second kappa shape index (κ2) is 5.87. The van der Waals surface area contributed by atoms with Crippen molar-refractivity contribution in [3.05, 3.63) is 40.7 Å². The molecule has 2 heterocycles. The van der Waals surface area contributed by atoms with Crippen LogP contribution in [0.1, 0.15) is 11.5 Å². The van der Waals surface area contributed by atoms with Gasteiger partial charge in [0.2, 0.25) is 11.8 Å². The van der Waals surface area contributed by atoms with E-state index in [0.29, 0.717) is 30.5 Å². The Morgan fingerprint density at radius 2 is 2.33 bits per heavy atom. The number of nitrogens with zero attached hydrogens (tertiary/aromatic N) is 2. The minimum Gasteiger partial charge on any atom is -0.441 e. The van der Waals surface area contributed by atoms with Crippen molar-refractivity contribution in [1.82, 2.24) is 15.2 Å². The molecular formula is C15H16ClN3O2. The van der Waals surface area contributed by atoms with E-state index in [1.54, 1.807) is 0 Å². The molecule has 0 radical (unpaired) electrons. The van der Waals surface area contributed by atoms with Gasteiger partial charge >= 0.3 is 0 Å². The molecule has 1 amide bonds. The zero-order valence-electron chi connectivity index (χ0n) is 11.7. The Labute approximate surface area is 127 Å². The third-order valence-corrected chi connectivity index (χ3v) is 3.69. The molecule has 21 heavy (non-hydrogen) atoms. The minimum atomic E-state index is 0.0532. The third kappa shape index (κ3) is 3.25. The van der Waals surface area contributed by atoms with Crippen molar-refractivity contribution in [1.29, 1.82) is 0 Å². The highest BCUT2D eigenvalue weighted by Crippen LogP contribution is 2.24. The van der Waals surface area contributed by atoms with Gasteiger partial charge < -0.3 is 9.73 Å². The second-order valence-corrected chi connectivity index (χ2v) is 5.53. The summed E-state index contributed by atoms with van der Waals surface area (Å²) < 4.78 is 5.73. The molecule has 3 rings (SSSR count). The van der Waals surface area contributed by atoms with Gasteiger partial charge in [-0.1, -0.05) is 17.7 Å². The van der Waals surface area contributed by atoms with Gasteiger partial charge in [-0.15, -0.1) is 0 Å². The van der Waals surface area contributed by atoms with Gasteiger partial charge in [-0.25, -0.2) is 4.98 Å². The van der Waals surface area contributed by atoms with Gasteiger partial charge in [0.25, 0.3) is 0 Å². The molecule has 1 N–H and O–H groups in total. The minimum absolute atomic E-state index is 0.0532. The molecule has 5 nitrogen and oxygen atoms in total. The number of halogens is 1. The van der Waals surface area contributed by atoms with Crippen molar-refractivity contribution in [3.8, 4) is 11.5 Å². The van der Waals surface area contributed by atoms with Gasteiger partial charge in [-0.2, -0.15) is 0 Å². The van der Waals surface area contributed by atoms with E-state index in [9.17, 15) is 4.79 Å². The van der Waals surface area contributed by atoms with Crippen LogP contribution in [0.15, 0.2) is 28.7 Å². The topological polar surface area (TPSA) is 58.4 Å². The molecule has 0 atom stereocenters. The number of aryl methyl sites for hydroxylation is 1. The lowest BCUT2D eigenvalue weighted by Gasteiger charge is -2.25. The van der Waals surface area contributed by atoms with Crippen LogP contribution < -0.4 is 5.32 Å². The first-order chi connectivity index (χ1) is 10.1. The Hall–Kier alpha value is -1.85. The summed E-state index contributed by atoms with van der Waals surface area (Å²) in [5, 5.41) is 3.46. The van der Waals surface area contributed by atoms with E-state index in [1.807, 2.05) is 31.2 Å². The van der Waals surface area contributed by atoms with E-state index in [1.165, 1.54) is 0 Å². The van der Waals surface area contributed by atoms with Gasteiger partial charge in [0.05, 0.1) is 12.2 Å². The molecular weight excluding hydrogens is 290 g/mol. The number of nitrogens with one attached hydrogen (secondary N) is 1. The molecule has 0 unspecified atom stereocenters. The van der Waals surface area contributed by atoms with E-state index in [-0.39, 0.29) is 5.91 Å². The van der Waals surface area contributed by atoms with Crippen molar-refractivity contribution < 1.29 is 9.21 Å². The number of amides is 1. The van der Waals surface area contributed by atoms with Crippen LogP contribution in [-0.2, 0) is 11.3 Å². The second-order valence-electron chi connectivity index (χ2n) is 5.09. The molecule has 0 aliphatic carbocycles. The van der Waals surface area contributed by atoms with Crippen LogP contribution in [0.3, 0.4) is 0 Å². The molecule has 1 fully saturated rings. The predicted molar refractivity (Wildman–Crippen MR) is 80.0 cm³/mol. The normalized spacial score (nSPS) is 16.0. The number of carbonyl (C=O) groups excluding carboxylic acids is 1. The van der Waals surface area contributed by atoms with Gasteiger partial charge in [0.15, 0.2) is 0 Å². The number of oxazole rings is 1. The quantitative estimate of drug-likeness (QED) is 0.945. The fourth-order valence-corrected chi connectivity index (χ4v) is 2.55. The van der Waals surface area contributed by atoms with Gasteiger partial charge in [-0.05, 0) is 25.1 Å². The Kier molecular flexibility index (Phi) is 3.94. The van der Waals surface area contributed by atoms with Crippen LogP contribution >= 0.6 is 11.6 Å². The van der Waals surface area contributed by atoms with Crippen molar-refractivity contribution >= 4 is 17.5 Å². The lowest BCUT2D eigenvalue weighted by atomic mass is 10.2. The molecule has 1 aliphatic rings. The van der Waals surface area contributed by atoms with E-state index < -0.39 is 0 Å². The number of carbonyl (C=O) groups is 1. The van der Waals surface area contributed by atoms with Gasteiger partial charge in [0.1, 0.15) is 5.76 Å². The van der Waals surface area contributed by atoms with Crippen LogP contribution in [0.25, 0.3) is 11.5 Å². The standard InChI is InChI=1S/C15H16ClN3O2/c1-10-13(8-19-6-5-17-14(20)9-19)18-15(21-10)11-3-2-4-12(16)7-11/h2-4,7H,5-6,8-9H2,1H3,(H,17,20). The van der Waals surface area contributed by atoms with E-state index >= 15 is 0 Å². The predicted octanol–water partition coefficient (Wildman–Crippen LogP) is 2.24. The van der Waals surface area contributed by atoms with E-state index in [4.69, 9.17) is 16.0 Å². The molecule has 1 aliphatic heterocycles. The molecule has 1 saturated heterocycles. The third-order valence-electron chi connectivity index (χ3n) is 3.46. The van der Waals surface area contributed by atoms with E-state index in [2.05, 4.69) is 15.2 Å². The molecule has 110 valence electrons. The van der Waals surface area contributed by atoms with Crippen molar-refractivity contribution in [2.75, 3.05) is 19.6 Å². The maximum Gasteiger partial charge on any atom is 0.234 e. The largest absolute Gasteiger partial charge is 0.441 e. The molecule has 1 aromatic heterocycles. The van der Waals surface area contributed by atoms with Crippen molar-refractivity contribution in [2.24, 2.45) is 0 Å². The molecule has 2 aromatic rings. The number of aromatic nitrogens is 1. The Morgan fingerprint density at radius 1 is 1.48 bits per heavy atom. The van der Waals surface area contributed by atoms with Crippen LogP contribution in [0, 0.1) is 6.92 Å². The van der Waals surface area contributed by atoms with Crippen molar-refractivity contribution in [3.63, 3.8) is 0 Å². The SMILES string of the molecule is Cc1oc(-c2cccc(Cl)c2)nc1CN1CCNC(=O)C1.